The third-order valence-electron chi connectivity index (χ3n) is 10.4. The van der Waals surface area contributed by atoms with Gasteiger partial charge in [0.1, 0.15) is 11.6 Å². The smallest absolute Gasteiger partial charge is 0.408 e. The minimum Gasteiger partial charge on any atom is -0.465 e. The molecule has 14 heteroatoms. The Morgan fingerprint density at radius 3 is 2.44 bits per heavy atom. The molecule has 3 saturated carbocycles. The fraction of sp³-hybridized carbons (Fsp3) is 0.613. The lowest BCUT2D eigenvalue weighted by Gasteiger charge is -2.33. The summed E-state index contributed by atoms with van der Waals surface area (Å²) in [5, 5.41) is 12.7. The first-order valence-corrected chi connectivity index (χ1v) is 17.6. The summed E-state index contributed by atoms with van der Waals surface area (Å²) in [5.74, 6) is -2.82. The van der Waals surface area contributed by atoms with Gasteiger partial charge >= 0.3 is 6.09 Å². The molecule has 1 unspecified atom stereocenters. The van der Waals surface area contributed by atoms with Gasteiger partial charge in [0, 0.05) is 23.4 Å². The van der Waals surface area contributed by atoms with Crippen LogP contribution in [0.2, 0.25) is 5.02 Å². The monoisotopic (exact) mass is 661 g/mol. The molecular formula is C31H40ClN5O7S. The number of nitrogens with two attached hydrogens (primary N) is 1. The zero-order chi connectivity index (χ0) is 32.3. The maximum atomic E-state index is 14.1. The van der Waals surface area contributed by atoms with E-state index in [4.69, 9.17) is 17.3 Å². The van der Waals surface area contributed by atoms with Crippen molar-refractivity contribution in [2.75, 3.05) is 6.54 Å². The zero-order valence-electron chi connectivity index (χ0n) is 25.0. The van der Waals surface area contributed by atoms with Crippen molar-refractivity contribution < 1.29 is 32.7 Å². The fourth-order valence-corrected chi connectivity index (χ4v) is 9.25. The summed E-state index contributed by atoms with van der Waals surface area (Å²) >= 11 is 6.45. The molecule has 1 aromatic rings. The van der Waals surface area contributed by atoms with Crippen molar-refractivity contribution in [3.63, 3.8) is 0 Å². The average molecular weight is 662 g/mol. The van der Waals surface area contributed by atoms with Crippen LogP contribution >= 0.6 is 11.6 Å². The van der Waals surface area contributed by atoms with Crippen LogP contribution in [0.1, 0.15) is 75.0 Å². The molecule has 6 rings (SSSR count). The van der Waals surface area contributed by atoms with Crippen molar-refractivity contribution in [2.45, 2.75) is 93.2 Å². The number of nitrogens with zero attached hydrogens (tertiary/aromatic N) is 2. The highest BCUT2D eigenvalue weighted by atomic mass is 35.5. The van der Waals surface area contributed by atoms with Gasteiger partial charge in [0.15, 0.2) is 0 Å². The maximum absolute atomic E-state index is 14.1. The molecule has 12 nitrogen and oxygen atoms in total. The predicted molar refractivity (Wildman–Crippen MR) is 165 cm³/mol. The van der Waals surface area contributed by atoms with E-state index in [0.717, 1.165) is 37.7 Å². The number of amides is 4. The summed E-state index contributed by atoms with van der Waals surface area (Å²) in [4.78, 5) is 56.6. The lowest BCUT2D eigenvalue weighted by molar-refractivity contribution is -0.141. The van der Waals surface area contributed by atoms with Gasteiger partial charge in [0.2, 0.25) is 21.8 Å². The molecule has 244 valence electrons. The maximum Gasteiger partial charge on any atom is 0.408 e. The second kappa shape index (κ2) is 11.9. The summed E-state index contributed by atoms with van der Waals surface area (Å²) in [6.45, 7) is 3.91. The van der Waals surface area contributed by atoms with Crippen molar-refractivity contribution in [2.24, 2.45) is 23.5 Å². The van der Waals surface area contributed by atoms with Crippen molar-refractivity contribution in [1.82, 2.24) is 19.8 Å². The van der Waals surface area contributed by atoms with Crippen LogP contribution in [0.15, 0.2) is 30.9 Å². The van der Waals surface area contributed by atoms with Crippen LogP contribution in [-0.4, -0.2) is 76.6 Å². The summed E-state index contributed by atoms with van der Waals surface area (Å²) in [6, 6.07) is 2.74. The molecule has 0 radical (unpaired) electrons. The Kier molecular flexibility index (Phi) is 8.40. The first-order chi connectivity index (χ1) is 21.4. The highest BCUT2D eigenvalue weighted by molar-refractivity contribution is 7.91. The molecule has 4 amide bonds. The number of hydrogen-bond acceptors (Lipinski definition) is 7. The number of carbonyl (C=O) groups is 4. The summed E-state index contributed by atoms with van der Waals surface area (Å²) in [7, 11) is -3.87. The molecule has 3 aliphatic carbocycles. The Bertz CT molecular complexity index is 1530. The molecule has 1 aromatic carbocycles. The van der Waals surface area contributed by atoms with E-state index in [1.807, 2.05) is 6.07 Å². The molecular weight excluding hydrogens is 622 g/mol. The summed E-state index contributed by atoms with van der Waals surface area (Å²) in [6.07, 6.45) is 6.22. The Balaban J connectivity index is 1.29. The van der Waals surface area contributed by atoms with Gasteiger partial charge in [-0.15, -0.1) is 6.58 Å². The van der Waals surface area contributed by atoms with Crippen LogP contribution < -0.4 is 15.8 Å². The lowest BCUT2D eigenvalue weighted by Crippen LogP contribution is -2.58. The molecule has 2 heterocycles. The van der Waals surface area contributed by atoms with Gasteiger partial charge in [-0.1, -0.05) is 49.1 Å². The van der Waals surface area contributed by atoms with E-state index in [2.05, 4.69) is 16.6 Å². The summed E-state index contributed by atoms with van der Waals surface area (Å²) < 4.78 is 27.3. The normalized spacial score (nSPS) is 30.4. The molecule has 5 aliphatic rings. The third-order valence-corrected chi connectivity index (χ3v) is 12.6. The van der Waals surface area contributed by atoms with Crippen LogP contribution in [0, 0.1) is 17.8 Å². The quantitative estimate of drug-likeness (QED) is 0.292. The number of halogens is 1. The van der Waals surface area contributed by atoms with E-state index in [1.54, 1.807) is 12.1 Å². The van der Waals surface area contributed by atoms with Gasteiger partial charge in [-0.05, 0) is 61.6 Å². The number of fused-ring (bicyclic) bond motifs is 1. The van der Waals surface area contributed by atoms with E-state index >= 15 is 0 Å². The number of benzene rings is 1. The molecule has 1 saturated heterocycles. The van der Waals surface area contributed by atoms with Gasteiger partial charge in [-0.25, -0.2) is 13.2 Å². The standard InChI is InChI=1S/C31H40ClN5O7S/c1-2-19-14-31(19,29(40)35-45(43,44)20-11-12-20)34-27(38)24-13-18(15-36(24)28(39)25(33)17-7-4-3-5-8-17)26-21-9-6-10-23(32)22(21)16-37(26)30(41)42/h2,6,9-10,17-20,24-26H,1,3-5,7-8,11-16,33H2,(H,34,38)(H,35,40)(H,41,42)/t18-,19-,24+,25+,26?,31-/m1/s1. The third kappa shape index (κ3) is 5.83. The van der Waals surface area contributed by atoms with Crippen LogP contribution in [0.25, 0.3) is 0 Å². The van der Waals surface area contributed by atoms with Crippen molar-refractivity contribution in [3.05, 3.63) is 47.0 Å². The van der Waals surface area contributed by atoms with Crippen molar-refractivity contribution in [1.29, 1.82) is 0 Å². The average Bonchev–Trinajstić information content (AvgIpc) is 3.91. The molecule has 45 heavy (non-hydrogen) atoms. The predicted octanol–water partition coefficient (Wildman–Crippen LogP) is 2.67. The van der Waals surface area contributed by atoms with Gasteiger partial charge in [-0.2, -0.15) is 0 Å². The van der Waals surface area contributed by atoms with Crippen molar-refractivity contribution >= 4 is 45.4 Å². The van der Waals surface area contributed by atoms with Crippen LogP contribution in [0.3, 0.4) is 0 Å². The molecule has 0 spiro atoms. The number of carbonyl (C=O) groups excluding carboxylic acids is 3. The number of rotatable bonds is 9. The van der Waals surface area contributed by atoms with E-state index in [0.29, 0.717) is 23.4 Å². The zero-order valence-corrected chi connectivity index (χ0v) is 26.6. The van der Waals surface area contributed by atoms with E-state index in [1.165, 1.54) is 15.9 Å². The highest BCUT2D eigenvalue weighted by Crippen LogP contribution is 2.48. The van der Waals surface area contributed by atoms with E-state index < -0.39 is 68.7 Å². The minimum atomic E-state index is -3.87. The molecule has 4 fully saturated rings. The van der Waals surface area contributed by atoms with Crippen molar-refractivity contribution in [3.8, 4) is 0 Å². The first kappa shape index (κ1) is 31.8. The molecule has 0 bridgehead atoms. The van der Waals surface area contributed by atoms with Gasteiger partial charge in [0.25, 0.3) is 5.91 Å². The van der Waals surface area contributed by atoms with Gasteiger partial charge < -0.3 is 21.1 Å². The molecule has 6 atom stereocenters. The fourth-order valence-electron chi connectivity index (χ4n) is 7.65. The van der Waals surface area contributed by atoms with Crippen LogP contribution in [0.4, 0.5) is 4.79 Å². The lowest BCUT2D eigenvalue weighted by atomic mass is 9.83. The van der Waals surface area contributed by atoms with Gasteiger partial charge in [0.05, 0.1) is 23.9 Å². The Labute approximate surface area is 267 Å². The Morgan fingerprint density at radius 2 is 1.82 bits per heavy atom. The minimum absolute atomic E-state index is 0.0335. The topological polar surface area (TPSA) is 179 Å². The second-order valence-electron chi connectivity index (χ2n) is 13.3. The number of sulfonamides is 1. The van der Waals surface area contributed by atoms with Crippen LogP contribution in [-0.2, 0) is 31.0 Å². The number of carboxylic acid groups (broad SMARTS) is 1. The SMILES string of the molecule is C=C[C@@H]1C[C@]1(NC(=O)[C@@H]1C[C@@H](C2c3cccc(Cl)c3CN2C(=O)O)CN1C(=O)[C@@H](N)C1CCCCC1)C(=O)NS(=O)(=O)C1CC1. The largest absolute Gasteiger partial charge is 0.465 e. The van der Waals surface area contributed by atoms with Gasteiger partial charge in [-0.3, -0.25) is 24.0 Å². The summed E-state index contributed by atoms with van der Waals surface area (Å²) in [5.41, 5.74) is 6.46. The number of likely N-dealkylation sites (tertiary alicyclic amines) is 1. The van der Waals surface area contributed by atoms with Crippen LogP contribution in [0.5, 0.6) is 0 Å². The van der Waals surface area contributed by atoms with E-state index in [9.17, 15) is 32.7 Å². The molecule has 2 aliphatic heterocycles. The highest BCUT2D eigenvalue weighted by Gasteiger charge is 2.62. The number of hydrogen-bond donors (Lipinski definition) is 4. The first-order valence-electron chi connectivity index (χ1n) is 15.7. The second-order valence-corrected chi connectivity index (χ2v) is 15.6. The molecule has 0 aromatic heterocycles. The Hall–Kier alpha value is -3.16. The molecule has 5 N–H and O–H groups in total. The number of nitrogens with one attached hydrogen (secondary N) is 2. The Morgan fingerprint density at radius 1 is 1.11 bits per heavy atom. The van der Waals surface area contributed by atoms with E-state index in [-0.39, 0.29) is 37.8 Å².